The maximum Gasteiger partial charge on any atom is 0.160 e. The van der Waals surface area contributed by atoms with Crippen LogP contribution in [-0.4, -0.2) is 97.1 Å². The molecule has 4 rings (SSSR count). The Balaban J connectivity index is 1.57. The summed E-state index contributed by atoms with van der Waals surface area (Å²) in [5, 5.41) is 8.27. The molecule has 9 nitrogen and oxygen atoms in total. The number of methoxy groups -OCH3 is 1. The number of hydrazine groups is 1. The predicted molar refractivity (Wildman–Crippen MR) is 133 cm³/mol. The van der Waals surface area contributed by atoms with Crippen molar-refractivity contribution in [1.82, 2.24) is 30.2 Å². The standard InChI is InChI=1S/C25H37N7O2/c1-30(2)15-11-20-17-27-14-16-31(20)32-18-22(10-7-19-5-8-21(33-3)9-6-19)34-23(24(32)26)25-28-12-4-13-29-25/h4-10,12-13,20,22-24,27H,11,14-18,26H2,1-3H3/b10-7+. The molecule has 0 saturated carbocycles. The lowest BCUT2D eigenvalue weighted by atomic mass is 10.1. The highest BCUT2D eigenvalue weighted by atomic mass is 16.5. The minimum atomic E-state index is -0.426. The molecule has 4 atom stereocenters. The number of nitrogens with zero attached hydrogens (tertiary/aromatic N) is 5. The van der Waals surface area contributed by atoms with Gasteiger partial charge in [-0.3, -0.25) is 0 Å². The second kappa shape index (κ2) is 11.8. The molecule has 9 heteroatoms. The molecule has 2 fully saturated rings. The van der Waals surface area contributed by atoms with Gasteiger partial charge in [0.05, 0.1) is 13.2 Å². The fraction of sp³-hybridized carbons (Fsp3) is 0.520. The molecule has 184 valence electrons. The first-order valence-corrected chi connectivity index (χ1v) is 11.9. The molecular formula is C25H37N7O2. The lowest BCUT2D eigenvalue weighted by Crippen LogP contribution is -2.67. The molecule has 34 heavy (non-hydrogen) atoms. The molecule has 0 bridgehead atoms. The van der Waals surface area contributed by atoms with Gasteiger partial charge in [0.25, 0.3) is 0 Å². The number of rotatable bonds is 8. The molecule has 2 saturated heterocycles. The summed E-state index contributed by atoms with van der Waals surface area (Å²) in [5.41, 5.74) is 7.90. The van der Waals surface area contributed by atoms with E-state index in [2.05, 4.69) is 56.4 Å². The number of nitrogens with two attached hydrogens (primary N) is 1. The van der Waals surface area contributed by atoms with Crippen LogP contribution in [0, 0.1) is 0 Å². The maximum atomic E-state index is 6.82. The molecule has 0 amide bonds. The number of hydrogen-bond acceptors (Lipinski definition) is 9. The summed E-state index contributed by atoms with van der Waals surface area (Å²) in [4.78, 5) is 11.2. The zero-order valence-corrected chi connectivity index (χ0v) is 20.4. The van der Waals surface area contributed by atoms with Crippen LogP contribution in [0.2, 0.25) is 0 Å². The Morgan fingerprint density at radius 2 is 1.97 bits per heavy atom. The van der Waals surface area contributed by atoms with Gasteiger partial charge in [0, 0.05) is 44.6 Å². The van der Waals surface area contributed by atoms with Crippen molar-refractivity contribution < 1.29 is 9.47 Å². The fourth-order valence-corrected chi connectivity index (χ4v) is 4.51. The van der Waals surface area contributed by atoms with Crippen molar-refractivity contribution in [3.8, 4) is 5.75 Å². The number of nitrogens with one attached hydrogen (secondary N) is 1. The second-order valence-corrected chi connectivity index (χ2v) is 9.06. The van der Waals surface area contributed by atoms with E-state index in [0.29, 0.717) is 18.4 Å². The molecule has 3 N–H and O–H groups in total. The zero-order chi connectivity index (χ0) is 23.9. The first-order chi connectivity index (χ1) is 16.5. The van der Waals surface area contributed by atoms with E-state index >= 15 is 0 Å². The van der Waals surface area contributed by atoms with E-state index in [9.17, 15) is 0 Å². The zero-order valence-electron chi connectivity index (χ0n) is 20.4. The van der Waals surface area contributed by atoms with Gasteiger partial charge < -0.3 is 25.4 Å². The van der Waals surface area contributed by atoms with Gasteiger partial charge in [-0.2, -0.15) is 0 Å². The second-order valence-electron chi connectivity index (χ2n) is 9.06. The summed E-state index contributed by atoms with van der Waals surface area (Å²) in [6, 6.07) is 10.2. The highest BCUT2D eigenvalue weighted by Crippen LogP contribution is 2.30. The number of piperazine rings is 1. The Morgan fingerprint density at radius 1 is 1.21 bits per heavy atom. The summed E-state index contributed by atoms with van der Waals surface area (Å²) in [6.07, 6.45) is 7.78. The van der Waals surface area contributed by atoms with Gasteiger partial charge in [-0.05, 0) is 50.8 Å². The number of benzene rings is 1. The van der Waals surface area contributed by atoms with Gasteiger partial charge in [-0.1, -0.05) is 24.3 Å². The molecule has 0 spiro atoms. The summed E-state index contributed by atoms with van der Waals surface area (Å²) >= 11 is 0. The van der Waals surface area contributed by atoms with E-state index in [-0.39, 0.29) is 12.3 Å². The summed E-state index contributed by atoms with van der Waals surface area (Å²) in [6.45, 7) is 4.48. The summed E-state index contributed by atoms with van der Waals surface area (Å²) in [7, 11) is 5.90. The Hall–Kier alpha value is -2.40. The van der Waals surface area contributed by atoms with Gasteiger partial charge in [0.2, 0.25) is 0 Å². The van der Waals surface area contributed by atoms with Crippen LogP contribution >= 0.6 is 0 Å². The van der Waals surface area contributed by atoms with Crippen molar-refractivity contribution in [2.24, 2.45) is 5.73 Å². The van der Waals surface area contributed by atoms with E-state index in [4.69, 9.17) is 15.2 Å². The third kappa shape index (κ3) is 6.18. The van der Waals surface area contributed by atoms with Crippen molar-refractivity contribution in [3.63, 3.8) is 0 Å². The first-order valence-electron chi connectivity index (χ1n) is 11.9. The average molecular weight is 468 g/mol. The highest BCUT2D eigenvalue weighted by molar-refractivity contribution is 5.51. The first kappa shape index (κ1) is 24.7. The monoisotopic (exact) mass is 467 g/mol. The Kier molecular flexibility index (Phi) is 8.60. The minimum Gasteiger partial charge on any atom is -0.497 e. The van der Waals surface area contributed by atoms with Crippen LogP contribution in [0.5, 0.6) is 5.75 Å². The molecule has 4 unspecified atom stereocenters. The SMILES string of the molecule is COc1ccc(/C=C/C2CN(N3CCNCC3CCN(C)C)C(N)C(c3ncccn3)O2)cc1. The van der Waals surface area contributed by atoms with Gasteiger partial charge >= 0.3 is 0 Å². The number of morpholine rings is 1. The smallest absolute Gasteiger partial charge is 0.160 e. The molecule has 1 aromatic heterocycles. The molecule has 0 radical (unpaired) electrons. The Morgan fingerprint density at radius 3 is 2.68 bits per heavy atom. The molecule has 2 aromatic rings. The van der Waals surface area contributed by atoms with Crippen LogP contribution in [0.4, 0.5) is 0 Å². The quantitative estimate of drug-likeness (QED) is 0.597. The van der Waals surface area contributed by atoms with Crippen molar-refractivity contribution in [2.45, 2.75) is 30.8 Å². The van der Waals surface area contributed by atoms with Gasteiger partial charge in [-0.25, -0.2) is 20.0 Å². The number of ether oxygens (including phenoxy) is 2. The summed E-state index contributed by atoms with van der Waals surface area (Å²) in [5.74, 6) is 1.45. The van der Waals surface area contributed by atoms with Crippen LogP contribution in [0.15, 0.2) is 48.8 Å². The van der Waals surface area contributed by atoms with Gasteiger partial charge in [0.15, 0.2) is 5.82 Å². The van der Waals surface area contributed by atoms with Crippen molar-refractivity contribution in [1.29, 1.82) is 0 Å². The van der Waals surface area contributed by atoms with Gasteiger partial charge in [0.1, 0.15) is 18.0 Å². The molecule has 2 aliphatic rings. The van der Waals surface area contributed by atoms with E-state index in [1.54, 1.807) is 19.5 Å². The Labute approximate surface area is 202 Å². The highest BCUT2D eigenvalue weighted by Gasteiger charge is 2.41. The average Bonchev–Trinajstić information content (AvgIpc) is 2.88. The largest absolute Gasteiger partial charge is 0.497 e. The topological polar surface area (TPSA) is 92.0 Å². The third-order valence-electron chi connectivity index (χ3n) is 6.36. The molecule has 1 aromatic carbocycles. The third-order valence-corrected chi connectivity index (χ3v) is 6.36. The van der Waals surface area contributed by atoms with Crippen LogP contribution in [0.3, 0.4) is 0 Å². The van der Waals surface area contributed by atoms with E-state index < -0.39 is 6.10 Å². The normalized spacial score (nSPS) is 26.9. The van der Waals surface area contributed by atoms with E-state index in [0.717, 1.165) is 43.9 Å². The van der Waals surface area contributed by atoms with Crippen LogP contribution in [-0.2, 0) is 4.74 Å². The summed E-state index contributed by atoms with van der Waals surface area (Å²) < 4.78 is 11.7. The number of aromatic nitrogens is 2. The van der Waals surface area contributed by atoms with Crippen molar-refractivity contribution in [2.75, 3.05) is 53.9 Å². The lowest BCUT2D eigenvalue weighted by molar-refractivity contribution is -0.201. The minimum absolute atomic E-state index is 0.153. The number of hydrogen-bond donors (Lipinski definition) is 2. The predicted octanol–water partition coefficient (Wildman–Crippen LogP) is 1.37. The molecule has 2 aliphatic heterocycles. The van der Waals surface area contributed by atoms with Crippen LogP contribution in [0.25, 0.3) is 6.08 Å². The molecule has 3 heterocycles. The van der Waals surface area contributed by atoms with E-state index in [1.165, 1.54) is 0 Å². The van der Waals surface area contributed by atoms with E-state index in [1.807, 2.05) is 30.3 Å². The molecular weight excluding hydrogens is 430 g/mol. The van der Waals surface area contributed by atoms with Crippen molar-refractivity contribution in [3.05, 3.63) is 60.2 Å². The maximum absolute atomic E-state index is 6.82. The lowest BCUT2D eigenvalue weighted by Gasteiger charge is -2.50. The van der Waals surface area contributed by atoms with Crippen LogP contribution < -0.4 is 15.8 Å². The van der Waals surface area contributed by atoms with Crippen molar-refractivity contribution >= 4 is 6.08 Å². The Bertz CT molecular complexity index is 909. The fourth-order valence-electron chi connectivity index (χ4n) is 4.51. The van der Waals surface area contributed by atoms with Crippen LogP contribution in [0.1, 0.15) is 23.9 Å². The van der Waals surface area contributed by atoms with Gasteiger partial charge in [-0.15, -0.1) is 0 Å². The molecule has 0 aliphatic carbocycles.